The molecule has 0 spiro atoms. The van der Waals surface area contributed by atoms with Crippen LogP contribution >= 0.6 is 11.3 Å². The van der Waals surface area contributed by atoms with Gasteiger partial charge in [0.15, 0.2) is 0 Å². The minimum atomic E-state index is -3.75. The lowest BCUT2D eigenvalue weighted by atomic mass is 10.1. The molecule has 5 nitrogen and oxygen atoms in total. The average molecular weight is 305 g/mol. The Morgan fingerprint density at radius 2 is 2.05 bits per heavy atom. The van der Waals surface area contributed by atoms with E-state index in [0.717, 1.165) is 11.3 Å². The van der Waals surface area contributed by atoms with Crippen LogP contribution in [-0.2, 0) is 21.2 Å². The number of aryl methyl sites for hydroxylation is 1. The molecule has 1 atom stereocenters. The molecule has 0 saturated heterocycles. The molecule has 1 rings (SSSR count). The van der Waals surface area contributed by atoms with Gasteiger partial charge < -0.3 is 5.11 Å². The molecule has 1 heterocycles. The third-order valence-electron chi connectivity index (χ3n) is 2.55. The van der Waals surface area contributed by atoms with Crippen LogP contribution in [0.4, 0.5) is 0 Å². The zero-order valence-electron chi connectivity index (χ0n) is 11.2. The fraction of sp³-hybridized carbons (Fsp3) is 0.583. The van der Waals surface area contributed by atoms with E-state index in [2.05, 4.69) is 4.72 Å². The summed E-state index contributed by atoms with van der Waals surface area (Å²) < 4.78 is 26.6. The van der Waals surface area contributed by atoms with Crippen molar-refractivity contribution in [2.24, 2.45) is 5.92 Å². The first-order valence-electron chi connectivity index (χ1n) is 6.10. The van der Waals surface area contributed by atoms with Gasteiger partial charge in [0.1, 0.15) is 10.3 Å². The molecule has 0 aliphatic heterocycles. The highest BCUT2D eigenvalue weighted by atomic mass is 32.2. The maximum Gasteiger partial charge on any atom is 0.321 e. The third kappa shape index (κ3) is 4.59. The third-order valence-corrected chi connectivity index (χ3v) is 5.75. The Morgan fingerprint density at radius 1 is 1.42 bits per heavy atom. The van der Waals surface area contributed by atoms with Gasteiger partial charge in [0, 0.05) is 4.88 Å². The number of aliphatic carboxylic acids is 1. The van der Waals surface area contributed by atoms with Crippen molar-refractivity contribution in [3.8, 4) is 0 Å². The number of carboxylic acid groups (broad SMARTS) is 1. The normalized spacial score (nSPS) is 13.7. The van der Waals surface area contributed by atoms with Gasteiger partial charge in [-0.3, -0.25) is 4.79 Å². The van der Waals surface area contributed by atoms with Crippen LogP contribution in [-0.4, -0.2) is 25.5 Å². The van der Waals surface area contributed by atoms with Crippen LogP contribution in [0.2, 0.25) is 0 Å². The fourth-order valence-electron chi connectivity index (χ4n) is 1.61. The Bertz CT molecular complexity index is 534. The fourth-order valence-corrected chi connectivity index (χ4v) is 4.12. The van der Waals surface area contributed by atoms with Crippen molar-refractivity contribution >= 4 is 27.3 Å². The summed E-state index contributed by atoms with van der Waals surface area (Å²) in [6, 6.07) is 2.18. The SMILES string of the molecule is CCc1ccc(S(=O)(=O)N[C@H](CC(C)C)C(=O)O)s1. The van der Waals surface area contributed by atoms with Crippen LogP contribution in [0.1, 0.15) is 32.1 Å². The number of hydrogen-bond donors (Lipinski definition) is 2. The summed E-state index contributed by atoms with van der Waals surface area (Å²) >= 11 is 1.17. The molecule has 2 N–H and O–H groups in total. The highest BCUT2D eigenvalue weighted by Gasteiger charge is 2.26. The second-order valence-electron chi connectivity index (χ2n) is 4.72. The smallest absolute Gasteiger partial charge is 0.321 e. The number of sulfonamides is 1. The van der Waals surface area contributed by atoms with E-state index in [0.29, 0.717) is 0 Å². The molecule has 19 heavy (non-hydrogen) atoms. The minimum Gasteiger partial charge on any atom is -0.480 e. The standard InChI is InChI=1S/C12H19NO4S2/c1-4-9-5-6-11(18-9)19(16,17)13-10(12(14)15)7-8(2)3/h5-6,8,10,13H,4,7H2,1-3H3,(H,14,15)/t10-/m1/s1. The molecule has 1 aromatic heterocycles. The van der Waals surface area contributed by atoms with E-state index in [-0.39, 0.29) is 16.5 Å². The van der Waals surface area contributed by atoms with Crippen molar-refractivity contribution in [2.45, 2.75) is 43.9 Å². The molecule has 0 amide bonds. The van der Waals surface area contributed by atoms with Crippen molar-refractivity contribution in [3.63, 3.8) is 0 Å². The molecule has 0 radical (unpaired) electrons. The number of thiophene rings is 1. The molecular weight excluding hydrogens is 286 g/mol. The van der Waals surface area contributed by atoms with Gasteiger partial charge in [0.25, 0.3) is 10.0 Å². The highest BCUT2D eigenvalue weighted by Crippen LogP contribution is 2.22. The molecule has 0 bridgehead atoms. The van der Waals surface area contributed by atoms with E-state index in [9.17, 15) is 13.2 Å². The molecule has 0 aliphatic carbocycles. The van der Waals surface area contributed by atoms with Gasteiger partial charge >= 0.3 is 5.97 Å². The zero-order valence-corrected chi connectivity index (χ0v) is 12.8. The zero-order chi connectivity index (χ0) is 14.6. The van der Waals surface area contributed by atoms with Crippen LogP contribution in [0.5, 0.6) is 0 Å². The van der Waals surface area contributed by atoms with Gasteiger partial charge in [-0.05, 0) is 30.9 Å². The van der Waals surface area contributed by atoms with Crippen molar-refractivity contribution in [1.29, 1.82) is 0 Å². The van der Waals surface area contributed by atoms with Crippen molar-refractivity contribution < 1.29 is 18.3 Å². The Balaban J connectivity index is 2.90. The second-order valence-corrected chi connectivity index (χ2v) is 7.83. The first-order chi connectivity index (χ1) is 8.76. The molecule has 0 aliphatic rings. The maximum atomic E-state index is 12.1. The minimum absolute atomic E-state index is 0.0957. The number of hydrogen-bond acceptors (Lipinski definition) is 4. The number of nitrogens with one attached hydrogen (secondary N) is 1. The lowest BCUT2D eigenvalue weighted by Gasteiger charge is -2.15. The Hall–Kier alpha value is -0.920. The van der Waals surface area contributed by atoms with Gasteiger partial charge in [0.2, 0.25) is 0 Å². The van der Waals surface area contributed by atoms with Crippen LogP contribution < -0.4 is 4.72 Å². The molecule has 1 aromatic rings. The van der Waals surface area contributed by atoms with Crippen molar-refractivity contribution in [2.75, 3.05) is 0 Å². The summed E-state index contributed by atoms with van der Waals surface area (Å²) in [6.45, 7) is 5.64. The van der Waals surface area contributed by atoms with Crippen LogP contribution in [0.25, 0.3) is 0 Å². The second kappa shape index (κ2) is 6.49. The van der Waals surface area contributed by atoms with Gasteiger partial charge in [-0.1, -0.05) is 20.8 Å². The van der Waals surface area contributed by atoms with E-state index in [1.54, 1.807) is 6.07 Å². The topological polar surface area (TPSA) is 83.5 Å². The predicted molar refractivity (Wildman–Crippen MR) is 74.9 cm³/mol. The van der Waals surface area contributed by atoms with E-state index >= 15 is 0 Å². The van der Waals surface area contributed by atoms with Crippen LogP contribution in [0, 0.1) is 5.92 Å². The summed E-state index contributed by atoms with van der Waals surface area (Å²) in [4.78, 5) is 12.0. The van der Waals surface area contributed by atoms with E-state index in [1.165, 1.54) is 17.4 Å². The number of carboxylic acids is 1. The molecule has 7 heteroatoms. The summed E-state index contributed by atoms with van der Waals surface area (Å²) in [5.41, 5.74) is 0. The van der Waals surface area contributed by atoms with E-state index in [1.807, 2.05) is 20.8 Å². The summed E-state index contributed by atoms with van der Waals surface area (Å²) in [7, 11) is -3.75. The van der Waals surface area contributed by atoms with Gasteiger partial charge in [0.05, 0.1) is 0 Å². The highest BCUT2D eigenvalue weighted by molar-refractivity contribution is 7.91. The lowest BCUT2D eigenvalue weighted by Crippen LogP contribution is -2.41. The molecule has 0 saturated carbocycles. The van der Waals surface area contributed by atoms with Crippen molar-refractivity contribution in [3.05, 3.63) is 17.0 Å². The number of rotatable bonds is 7. The Kier molecular flexibility index (Phi) is 5.51. The van der Waals surface area contributed by atoms with E-state index < -0.39 is 22.0 Å². The molecule has 0 fully saturated rings. The molecule has 108 valence electrons. The summed E-state index contributed by atoms with van der Waals surface area (Å²) in [6.07, 6.45) is 1.02. The average Bonchev–Trinajstić information content (AvgIpc) is 2.76. The van der Waals surface area contributed by atoms with Crippen molar-refractivity contribution in [1.82, 2.24) is 4.72 Å². The molecule has 0 unspecified atom stereocenters. The lowest BCUT2D eigenvalue weighted by molar-refractivity contribution is -0.139. The molecule has 0 aromatic carbocycles. The van der Waals surface area contributed by atoms with Gasteiger partial charge in [-0.2, -0.15) is 4.72 Å². The molecular formula is C12H19NO4S2. The van der Waals surface area contributed by atoms with Crippen LogP contribution in [0.3, 0.4) is 0 Å². The summed E-state index contributed by atoms with van der Waals surface area (Å²) in [5.74, 6) is -1.05. The maximum absolute atomic E-state index is 12.1. The first-order valence-corrected chi connectivity index (χ1v) is 8.40. The quantitative estimate of drug-likeness (QED) is 0.808. The van der Waals surface area contributed by atoms with Gasteiger partial charge in [-0.15, -0.1) is 11.3 Å². The van der Waals surface area contributed by atoms with Crippen LogP contribution in [0.15, 0.2) is 16.3 Å². The Labute approximate surface area is 117 Å². The number of carbonyl (C=O) groups is 1. The summed E-state index contributed by atoms with van der Waals surface area (Å²) in [5, 5.41) is 9.06. The van der Waals surface area contributed by atoms with E-state index in [4.69, 9.17) is 5.11 Å². The largest absolute Gasteiger partial charge is 0.480 e. The van der Waals surface area contributed by atoms with Gasteiger partial charge in [-0.25, -0.2) is 8.42 Å². The first kappa shape index (κ1) is 16.1. The predicted octanol–water partition coefficient (Wildman–Crippen LogP) is 2.09. The Morgan fingerprint density at radius 3 is 2.47 bits per heavy atom. The monoisotopic (exact) mass is 305 g/mol.